The van der Waals surface area contributed by atoms with Gasteiger partial charge in [-0.2, -0.15) is 5.10 Å². The Labute approximate surface area is 172 Å². The van der Waals surface area contributed by atoms with Gasteiger partial charge in [-0.25, -0.2) is 4.79 Å². The lowest BCUT2D eigenvalue weighted by molar-refractivity contribution is 0.0600. The van der Waals surface area contributed by atoms with Crippen LogP contribution in [-0.4, -0.2) is 28.8 Å². The Bertz CT molecular complexity index is 1010. The molecule has 1 aromatic heterocycles. The molecule has 0 spiro atoms. The van der Waals surface area contributed by atoms with Crippen molar-refractivity contribution < 1.29 is 14.3 Å². The van der Waals surface area contributed by atoms with Gasteiger partial charge in [0.1, 0.15) is 0 Å². The molecule has 3 aromatic rings. The minimum atomic E-state index is -0.459. The number of methoxy groups -OCH3 is 1. The lowest BCUT2D eigenvalue weighted by Crippen LogP contribution is -2.13. The Balaban J connectivity index is 1.74. The van der Waals surface area contributed by atoms with Crippen LogP contribution < -0.4 is 5.32 Å². The van der Waals surface area contributed by atoms with Gasteiger partial charge in [-0.05, 0) is 43.3 Å². The van der Waals surface area contributed by atoms with E-state index in [1.54, 1.807) is 41.1 Å². The third-order valence-electron chi connectivity index (χ3n) is 4.16. The molecule has 0 bridgehead atoms. The van der Waals surface area contributed by atoms with E-state index in [1.807, 2.05) is 6.92 Å². The molecule has 1 heterocycles. The van der Waals surface area contributed by atoms with Crippen LogP contribution in [0.5, 0.6) is 0 Å². The smallest absolute Gasteiger partial charge is 0.337 e. The van der Waals surface area contributed by atoms with Gasteiger partial charge < -0.3 is 10.1 Å². The highest BCUT2D eigenvalue weighted by Gasteiger charge is 2.13. The van der Waals surface area contributed by atoms with Crippen molar-refractivity contribution in [3.05, 3.63) is 81.0 Å². The van der Waals surface area contributed by atoms with Crippen LogP contribution in [0.1, 0.15) is 32.0 Å². The zero-order chi connectivity index (χ0) is 20.3. The number of amides is 1. The Morgan fingerprint density at radius 2 is 1.68 bits per heavy atom. The molecular formula is C20H17Cl2N3O3. The molecule has 0 unspecified atom stereocenters. The van der Waals surface area contributed by atoms with Crippen LogP contribution in [-0.2, 0) is 11.3 Å². The molecular weight excluding hydrogens is 401 g/mol. The van der Waals surface area contributed by atoms with Crippen molar-refractivity contribution in [2.75, 3.05) is 12.4 Å². The number of nitrogens with one attached hydrogen (secondary N) is 1. The predicted octanol–water partition coefficient (Wildman–Crippen LogP) is 4.59. The second-order valence-electron chi connectivity index (χ2n) is 6.05. The van der Waals surface area contributed by atoms with E-state index in [0.717, 1.165) is 11.3 Å². The summed E-state index contributed by atoms with van der Waals surface area (Å²) >= 11 is 12.4. The Hall–Kier alpha value is -2.83. The first-order valence-electron chi connectivity index (χ1n) is 8.36. The zero-order valence-corrected chi connectivity index (χ0v) is 16.7. The number of carbonyl (C=O) groups excluding carboxylic acids is 2. The van der Waals surface area contributed by atoms with E-state index in [-0.39, 0.29) is 5.91 Å². The topological polar surface area (TPSA) is 73.2 Å². The third kappa shape index (κ3) is 4.35. The maximum absolute atomic E-state index is 12.4. The standard InChI is InChI=1S/C20H17Cl2N3O3/c1-12-10-18(24-25(12)11-15-16(21)4-3-5-17(15)22)23-19(26)13-6-8-14(9-7-13)20(27)28-2/h3-10H,11H2,1-2H3,(H,23,24,26). The van der Waals surface area contributed by atoms with E-state index in [0.29, 0.717) is 33.5 Å². The molecule has 144 valence electrons. The average molecular weight is 418 g/mol. The van der Waals surface area contributed by atoms with Crippen molar-refractivity contribution >= 4 is 40.9 Å². The molecule has 0 saturated carbocycles. The highest BCUT2D eigenvalue weighted by atomic mass is 35.5. The number of aryl methyl sites for hydroxylation is 1. The van der Waals surface area contributed by atoms with E-state index < -0.39 is 5.97 Å². The lowest BCUT2D eigenvalue weighted by atomic mass is 10.1. The van der Waals surface area contributed by atoms with Gasteiger partial charge in [-0.3, -0.25) is 9.48 Å². The molecule has 3 rings (SSSR count). The van der Waals surface area contributed by atoms with Crippen molar-refractivity contribution in [3.8, 4) is 0 Å². The summed E-state index contributed by atoms with van der Waals surface area (Å²) < 4.78 is 6.35. The second-order valence-corrected chi connectivity index (χ2v) is 6.87. The van der Waals surface area contributed by atoms with Gasteiger partial charge in [0.2, 0.25) is 0 Å². The minimum Gasteiger partial charge on any atom is -0.465 e. The van der Waals surface area contributed by atoms with E-state index in [4.69, 9.17) is 23.2 Å². The van der Waals surface area contributed by atoms with Gasteiger partial charge in [0.25, 0.3) is 5.91 Å². The highest BCUT2D eigenvalue weighted by Crippen LogP contribution is 2.26. The second kappa shape index (κ2) is 8.46. The van der Waals surface area contributed by atoms with Gasteiger partial charge in [0, 0.05) is 32.9 Å². The molecule has 28 heavy (non-hydrogen) atoms. The first-order chi connectivity index (χ1) is 13.4. The molecule has 6 nitrogen and oxygen atoms in total. The summed E-state index contributed by atoms with van der Waals surface area (Å²) in [7, 11) is 1.30. The number of rotatable bonds is 5. The summed E-state index contributed by atoms with van der Waals surface area (Å²) in [5, 5.41) is 8.26. The van der Waals surface area contributed by atoms with Crippen LogP contribution in [0.4, 0.5) is 5.82 Å². The van der Waals surface area contributed by atoms with Crippen molar-refractivity contribution in [2.45, 2.75) is 13.5 Å². The van der Waals surface area contributed by atoms with Crippen molar-refractivity contribution in [3.63, 3.8) is 0 Å². The number of hydrogen-bond acceptors (Lipinski definition) is 4. The van der Waals surface area contributed by atoms with Crippen LogP contribution in [0.15, 0.2) is 48.5 Å². The maximum atomic E-state index is 12.4. The molecule has 8 heteroatoms. The van der Waals surface area contributed by atoms with Crippen LogP contribution in [0.2, 0.25) is 10.0 Å². The summed E-state index contributed by atoms with van der Waals surface area (Å²) in [4.78, 5) is 23.9. The fourth-order valence-corrected chi connectivity index (χ4v) is 3.15. The van der Waals surface area contributed by atoms with Crippen LogP contribution in [0.25, 0.3) is 0 Å². The number of ether oxygens (including phenoxy) is 1. The molecule has 0 aliphatic carbocycles. The van der Waals surface area contributed by atoms with Crippen molar-refractivity contribution in [1.82, 2.24) is 9.78 Å². The number of hydrogen-bond donors (Lipinski definition) is 1. The third-order valence-corrected chi connectivity index (χ3v) is 4.87. The summed E-state index contributed by atoms with van der Waals surface area (Å²) in [6.45, 7) is 2.26. The van der Waals surface area contributed by atoms with E-state index in [9.17, 15) is 9.59 Å². The SMILES string of the molecule is COC(=O)c1ccc(C(=O)Nc2cc(C)n(Cc3c(Cl)cccc3Cl)n2)cc1. The first kappa shape index (κ1) is 19.9. The van der Waals surface area contributed by atoms with Crippen LogP contribution in [0, 0.1) is 6.92 Å². The Morgan fingerprint density at radius 3 is 2.29 bits per heavy atom. The van der Waals surface area contributed by atoms with Gasteiger partial charge in [-0.15, -0.1) is 0 Å². The summed E-state index contributed by atoms with van der Waals surface area (Å²) in [6.07, 6.45) is 0. The molecule has 1 N–H and O–H groups in total. The number of anilines is 1. The molecule has 0 aliphatic heterocycles. The summed E-state index contributed by atoms with van der Waals surface area (Å²) in [5.74, 6) is -0.390. The summed E-state index contributed by atoms with van der Waals surface area (Å²) in [5.41, 5.74) is 2.37. The normalized spacial score (nSPS) is 10.6. The predicted molar refractivity (Wildman–Crippen MR) is 108 cm³/mol. The molecule has 0 radical (unpaired) electrons. The largest absolute Gasteiger partial charge is 0.465 e. The molecule has 0 atom stereocenters. The molecule has 0 fully saturated rings. The fourth-order valence-electron chi connectivity index (χ4n) is 2.63. The zero-order valence-electron chi connectivity index (χ0n) is 15.2. The maximum Gasteiger partial charge on any atom is 0.337 e. The van der Waals surface area contributed by atoms with Gasteiger partial charge >= 0.3 is 5.97 Å². The monoisotopic (exact) mass is 417 g/mol. The molecule has 0 aliphatic rings. The number of carbonyl (C=O) groups is 2. The highest BCUT2D eigenvalue weighted by molar-refractivity contribution is 6.36. The quantitative estimate of drug-likeness (QED) is 0.616. The van der Waals surface area contributed by atoms with Crippen LogP contribution >= 0.6 is 23.2 Å². The van der Waals surface area contributed by atoms with E-state index in [1.165, 1.54) is 19.2 Å². The number of nitrogens with zero attached hydrogens (tertiary/aromatic N) is 2. The lowest BCUT2D eigenvalue weighted by Gasteiger charge is -2.08. The Kier molecular flexibility index (Phi) is 6.02. The fraction of sp³-hybridized carbons (Fsp3) is 0.150. The Morgan fingerprint density at radius 1 is 1.07 bits per heavy atom. The van der Waals surface area contributed by atoms with Gasteiger partial charge in [0.15, 0.2) is 5.82 Å². The van der Waals surface area contributed by atoms with E-state index in [2.05, 4.69) is 15.2 Å². The van der Waals surface area contributed by atoms with Gasteiger partial charge in [-0.1, -0.05) is 29.3 Å². The van der Waals surface area contributed by atoms with Crippen molar-refractivity contribution in [2.24, 2.45) is 0 Å². The van der Waals surface area contributed by atoms with E-state index >= 15 is 0 Å². The van der Waals surface area contributed by atoms with Crippen LogP contribution in [0.3, 0.4) is 0 Å². The summed E-state index contributed by atoms with van der Waals surface area (Å²) in [6, 6.07) is 13.2. The molecule has 0 saturated heterocycles. The van der Waals surface area contributed by atoms with Crippen molar-refractivity contribution in [1.29, 1.82) is 0 Å². The number of halogens is 2. The number of aromatic nitrogens is 2. The number of benzene rings is 2. The first-order valence-corrected chi connectivity index (χ1v) is 9.11. The molecule has 1 amide bonds. The average Bonchev–Trinajstić information content (AvgIpc) is 3.03. The molecule has 2 aromatic carbocycles. The minimum absolute atomic E-state index is 0.336. The number of esters is 1. The van der Waals surface area contributed by atoms with Gasteiger partial charge in [0.05, 0.1) is 19.2 Å².